The quantitative estimate of drug-likeness (QED) is 0.755. The molecule has 0 saturated heterocycles. The zero-order valence-electron chi connectivity index (χ0n) is 13.8. The summed E-state index contributed by atoms with van der Waals surface area (Å²) in [6.07, 6.45) is 2.74. The predicted octanol–water partition coefficient (Wildman–Crippen LogP) is 1.80. The molecule has 0 bridgehead atoms. The topological polar surface area (TPSA) is 91.8 Å². The third-order valence-electron chi connectivity index (χ3n) is 4.24. The molecule has 6 nitrogen and oxygen atoms in total. The largest absolute Gasteiger partial charge is 0.479 e. The highest BCUT2D eigenvalue weighted by molar-refractivity contribution is 7.92. The van der Waals surface area contributed by atoms with Crippen LogP contribution < -0.4 is 0 Å². The molecule has 1 amide bonds. The van der Waals surface area contributed by atoms with Gasteiger partial charge < -0.3 is 10.0 Å². The van der Waals surface area contributed by atoms with Gasteiger partial charge in [-0.25, -0.2) is 13.2 Å². The smallest absolute Gasteiger partial charge is 0.331 e. The average molecular weight is 353 g/mol. The Balaban J connectivity index is 2.16. The van der Waals surface area contributed by atoms with Gasteiger partial charge in [0.15, 0.2) is 15.9 Å². The van der Waals surface area contributed by atoms with Crippen LogP contribution in [-0.4, -0.2) is 48.4 Å². The van der Waals surface area contributed by atoms with E-state index in [9.17, 15) is 23.1 Å². The molecule has 0 aliphatic carbocycles. The van der Waals surface area contributed by atoms with Crippen LogP contribution in [0.2, 0.25) is 0 Å². The maximum Gasteiger partial charge on any atom is 0.331 e. The van der Waals surface area contributed by atoms with Crippen LogP contribution in [0.5, 0.6) is 0 Å². The van der Waals surface area contributed by atoms with E-state index in [1.165, 1.54) is 4.90 Å². The molecule has 1 atom stereocenters. The first-order chi connectivity index (χ1) is 11.4. The van der Waals surface area contributed by atoms with Crippen molar-refractivity contribution in [3.8, 4) is 0 Å². The standard InChI is InChI=1S/C17H23NO5S/c1-2-3-6-11-24(22,23)12-15(19)18-10-9-13-7-4-5-8-14(13)16(18)17(20)21/h4-5,7-8,16H,2-3,6,9-12H2,1H3,(H,20,21). The van der Waals surface area contributed by atoms with Gasteiger partial charge in [0.1, 0.15) is 5.75 Å². The second-order valence-corrected chi connectivity index (χ2v) is 8.26. The summed E-state index contributed by atoms with van der Waals surface area (Å²) < 4.78 is 24.2. The SMILES string of the molecule is CCCCCS(=O)(=O)CC(=O)N1CCc2ccccc2C1C(=O)O. The molecule has 0 fully saturated rings. The zero-order valence-corrected chi connectivity index (χ0v) is 14.6. The number of carbonyl (C=O) groups is 2. The normalized spacial score (nSPS) is 17.4. The van der Waals surface area contributed by atoms with E-state index >= 15 is 0 Å². The molecule has 0 spiro atoms. The first-order valence-corrected chi connectivity index (χ1v) is 9.98. The molecule has 0 radical (unpaired) electrons. The van der Waals surface area contributed by atoms with Crippen LogP contribution in [0, 0.1) is 0 Å². The summed E-state index contributed by atoms with van der Waals surface area (Å²) in [5.74, 6) is -2.43. The molecule has 0 saturated carbocycles. The lowest BCUT2D eigenvalue weighted by atomic mass is 9.92. The minimum atomic E-state index is -3.51. The Bertz CT molecular complexity index is 713. The average Bonchev–Trinajstić information content (AvgIpc) is 2.53. The molecular weight excluding hydrogens is 330 g/mol. The second kappa shape index (κ2) is 7.79. The number of hydrogen-bond acceptors (Lipinski definition) is 4. The summed E-state index contributed by atoms with van der Waals surface area (Å²) >= 11 is 0. The second-order valence-electron chi connectivity index (χ2n) is 6.08. The number of unbranched alkanes of at least 4 members (excludes halogenated alkanes) is 2. The van der Waals surface area contributed by atoms with E-state index < -0.39 is 33.5 Å². The van der Waals surface area contributed by atoms with Crippen molar-refractivity contribution in [2.45, 2.75) is 38.6 Å². The number of nitrogens with zero attached hydrogens (tertiary/aromatic N) is 1. The lowest BCUT2D eigenvalue weighted by Crippen LogP contribution is -2.46. The van der Waals surface area contributed by atoms with Crippen LogP contribution >= 0.6 is 0 Å². The van der Waals surface area contributed by atoms with Crippen molar-refractivity contribution >= 4 is 21.7 Å². The van der Waals surface area contributed by atoms with Gasteiger partial charge in [-0.05, 0) is 24.0 Å². The minimum absolute atomic E-state index is 0.0330. The van der Waals surface area contributed by atoms with Crippen molar-refractivity contribution in [2.75, 3.05) is 18.1 Å². The number of amides is 1. The van der Waals surface area contributed by atoms with E-state index in [1.54, 1.807) is 12.1 Å². The Morgan fingerprint density at radius 2 is 1.96 bits per heavy atom. The summed E-state index contributed by atoms with van der Waals surface area (Å²) in [5, 5.41) is 9.53. The van der Waals surface area contributed by atoms with Crippen LogP contribution in [-0.2, 0) is 25.8 Å². The highest BCUT2D eigenvalue weighted by Crippen LogP contribution is 2.30. The van der Waals surface area contributed by atoms with Crippen molar-refractivity contribution in [3.63, 3.8) is 0 Å². The predicted molar refractivity (Wildman–Crippen MR) is 90.4 cm³/mol. The minimum Gasteiger partial charge on any atom is -0.479 e. The monoisotopic (exact) mass is 353 g/mol. The molecule has 0 aromatic heterocycles. The van der Waals surface area contributed by atoms with Crippen molar-refractivity contribution in [1.82, 2.24) is 4.90 Å². The van der Waals surface area contributed by atoms with E-state index in [-0.39, 0.29) is 12.3 Å². The first-order valence-electron chi connectivity index (χ1n) is 8.16. The molecule has 24 heavy (non-hydrogen) atoms. The molecule has 1 N–H and O–H groups in total. The van der Waals surface area contributed by atoms with Gasteiger partial charge >= 0.3 is 5.97 Å². The molecule has 1 aliphatic rings. The molecular formula is C17H23NO5S. The molecule has 132 valence electrons. The van der Waals surface area contributed by atoms with E-state index in [2.05, 4.69) is 0 Å². The van der Waals surface area contributed by atoms with Gasteiger partial charge in [-0.2, -0.15) is 0 Å². The Kier molecular flexibility index (Phi) is 5.99. The fourth-order valence-corrected chi connectivity index (χ4v) is 4.35. The van der Waals surface area contributed by atoms with Gasteiger partial charge in [0, 0.05) is 6.54 Å². The molecule has 1 aromatic carbocycles. The van der Waals surface area contributed by atoms with E-state index in [1.807, 2.05) is 19.1 Å². The van der Waals surface area contributed by atoms with Crippen LogP contribution in [0.3, 0.4) is 0 Å². The number of carboxylic acids is 1. The van der Waals surface area contributed by atoms with Crippen LogP contribution in [0.15, 0.2) is 24.3 Å². The number of fused-ring (bicyclic) bond motifs is 1. The van der Waals surface area contributed by atoms with Crippen molar-refractivity contribution in [3.05, 3.63) is 35.4 Å². The first kappa shape index (κ1) is 18.4. The lowest BCUT2D eigenvalue weighted by Gasteiger charge is -2.34. The van der Waals surface area contributed by atoms with Gasteiger partial charge in [0.2, 0.25) is 5.91 Å². The van der Waals surface area contributed by atoms with Crippen LogP contribution in [0.25, 0.3) is 0 Å². The molecule has 7 heteroatoms. The highest BCUT2D eigenvalue weighted by atomic mass is 32.2. The lowest BCUT2D eigenvalue weighted by molar-refractivity contribution is -0.150. The Morgan fingerprint density at radius 3 is 2.62 bits per heavy atom. The van der Waals surface area contributed by atoms with Crippen LogP contribution in [0.4, 0.5) is 0 Å². The molecule has 1 aliphatic heterocycles. The summed E-state index contributed by atoms with van der Waals surface area (Å²) in [4.78, 5) is 25.3. The number of rotatable bonds is 7. The number of aliphatic carboxylic acids is 1. The molecule has 2 rings (SSSR count). The molecule has 1 unspecified atom stereocenters. The Hall–Kier alpha value is -1.89. The van der Waals surface area contributed by atoms with Gasteiger partial charge in [-0.15, -0.1) is 0 Å². The Labute approximate surface area is 142 Å². The maximum atomic E-state index is 12.5. The number of carboxylic acid groups (broad SMARTS) is 1. The number of carbonyl (C=O) groups excluding carboxylic acids is 1. The number of hydrogen-bond donors (Lipinski definition) is 1. The third-order valence-corrected chi connectivity index (χ3v) is 5.84. The van der Waals surface area contributed by atoms with E-state index in [4.69, 9.17) is 0 Å². The number of benzene rings is 1. The summed E-state index contributed by atoms with van der Waals surface area (Å²) in [5.41, 5.74) is 1.45. The fraction of sp³-hybridized carbons (Fsp3) is 0.529. The van der Waals surface area contributed by atoms with Crippen molar-refractivity contribution in [2.24, 2.45) is 0 Å². The van der Waals surface area contributed by atoms with Crippen molar-refractivity contribution < 1.29 is 23.1 Å². The van der Waals surface area contributed by atoms with Gasteiger partial charge in [0.05, 0.1) is 5.75 Å². The van der Waals surface area contributed by atoms with E-state index in [0.29, 0.717) is 18.4 Å². The van der Waals surface area contributed by atoms with Gasteiger partial charge in [0.25, 0.3) is 0 Å². The summed E-state index contributed by atoms with van der Waals surface area (Å²) in [7, 11) is -3.51. The Morgan fingerprint density at radius 1 is 1.25 bits per heavy atom. The molecule has 1 heterocycles. The fourth-order valence-electron chi connectivity index (χ4n) is 3.02. The van der Waals surface area contributed by atoms with Gasteiger partial charge in [-0.3, -0.25) is 4.79 Å². The van der Waals surface area contributed by atoms with Gasteiger partial charge in [-0.1, -0.05) is 44.0 Å². The van der Waals surface area contributed by atoms with Crippen LogP contribution in [0.1, 0.15) is 43.4 Å². The van der Waals surface area contributed by atoms with Crippen molar-refractivity contribution in [1.29, 1.82) is 0 Å². The summed E-state index contributed by atoms with van der Waals surface area (Å²) in [6, 6.07) is 5.96. The zero-order chi connectivity index (χ0) is 17.7. The molecule has 1 aromatic rings. The maximum absolute atomic E-state index is 12.5. The van der Waals surface area contributed by atoms with E-state index in [0.717, 1.165) is 18.4 Å². The third kappa shape index (κ3) is 4.35. The highest BCUT2D eigenvalue weighted by Gasteiger charge is 2.36. The number of sulfone groups is 1. The summed E-state index contributed by atoms with van der Waals surface area (Å²) in [6.45, 7) is 2.19.